The molecule has 76 valence electrons. The topological polar surface area (TPSA) is 27.1 Å². The minimum Gasteiger partial charge on any atom is -0.360 e. The molecule has 0 aliphatic rings. The normalized spacial score (nSPS) is 12.3. The summed E-state index contributed by atoms with van der Waals surface area (Å²) in [6.45, 7) is 11.0. The van der Waals surface area contributed by atoms with E-state index in [2.05, 4.69) is 20.4 Å². The van der Waals surface area contributed by atoms with Crippen molar-refractivity contribution in [2.24, 2.45) is 5.92 Å². The van der Waals surface area contributed by atoms with Crippen LogP contribution in [0.25, 0.3) is 0 Å². The van der Waals surface area contributed by atoms with Crippen LogP contribution in [0.2, 0.25) is 0 Å². The number of likely N-dealkylation sites (N-methyl/N-ethyl adjacent to an activating group) is 1. The number of nitrogens with zero attached hydrogens (tertiary/aromatic N) is 1. The van der Waals surface area contributed by atoms with E-state index in [4.69, 9.17) is 5.41 Å². The molecule has 0 saturated carbocycles. The molecule has 0 aromatic carbocycles. The zero-order valence-electron chi connectivity index (χ0n) is 9.35. The third-order valence-corrected chi connectivity index (χ3v) is 2.15. The summed E-state index contributed by atoms with van der Waals surface area (Å²) in [5, 5.41) is 7.70. The molecule has 13 heavy (non-hydrogen) atoms. The smallest absolute Gasteiger partial charge is 0.122 e. The Kier molecular flexibility index (Phi) is 5.44. The molecular formula is C11H22N2. The Bertz CT molecular complexity index is 185. The van der Waals surface area contributed by atoms with Gasteiger partial charge in [0.05, 0.1) is 0 Å². The maximum absolute atomic E-state index is 7.70. The molecule has 0 bridgehead atoms. The summed E-state index contributed by atoms with van der Waals surface area (Å²) in [6, 6.07) is 0. The van der Waals surface area contributed by atoms with Gasteiger partial charge in [0.25, 0.3) is 0 Å². The van der Waals surface area contributed by atoms with Crippen molar-refractivity contribution in [3.05, 3.63) is 12.2 Å². The van der Waals surface area contributed by atoms with Crippen molar-refractivity contribution in [2.45, 2.75) is 33.6 Å². The lowest BCUT2D eigenvalue weighted by atomic mass is 10.1. The summed E-state index contributed by atoms with van der Waals surface area (Å²) in [5.41, 5.74) is 0.839. The molecule has 1 N–H and O–H groups in total. The molecule has 0 rings (SSSR count). The van der Waals surface area contributed by atoms with Gasteiger partial charge in [-0.15, -0.1) is 0 Å². The monoisotopic (exact) mass is 182 g/mol. The van der Waals surface area contributed by atoms with E-state index in [-0.39, 0.29) is 0 Å². The van der Waals surface area contributed by atoms with Crippen LogP contribution in [0.3, 0.4) is 0 Å². The average molecular weight is 182 g/mol. The molecule has 0 amide bonds. The standard InChI is InChI=1S/C11H22N2/c1-6-7-10(4)8-13(5)11(12)9(2)3/h10,12H,2,6-8H2,1,3-5H3/t10-/m0/s1. The molecule has 2 heteroatoms. The fraction of sp³-hybridized carbons (Fsp3) is 0.727. The SMILES string of the molecule is C=C(C)C(=N)N(C)C[C@@H](C)CCC. The van der Waals surface area contributed by atoms with Crippen LogP contribution in [0.5, 0.6) is 0 Å². The molecule has 0 aromatic rings. The van der Waals surface area contributed by atoms with Gasteiger partial charge in [0.2, 0.25) is 0 Å². The lowest BCUT2D eigenvalue weighted by Crippen LogP contribution is -2.30. The number of hydrogen-bond donors (Lipinski definition) is 1. The van der Waals surface area contributed by atoms with Gasteiger partial charge in [-0.2, -0.15) is 0 Å². The van der Waals surface area contributed by atoms with E-state index in [1.54, 1.807) is 0 Å². The van der Waals surface area contributed by atoms with E-state index in [1.807, 2.05) is 18.9 Å². The predicted octanol–water partition coefficient (Wildman–Crippen LogP) is 2.91. The maximum atomic E-state index is 7.70. The van der Waals surface area contributed by atoms with E-state index in [0.29, 0.717) is 11.8 Å². The van der Waals surface area contributed by atoms with Gasteiger partial charge in [-0.25, -0.2) is 0 Å². The molecule has 0 unspecified atom stereocenters. The van der Waals surface area contributed by atoms with Crippen LogP contribution in [0.1, 0.15) is 33.6 Å². The molecular weight excluding hydrogens is 160 g/mol. The first-order valence-electron chi connectivity index (χ1n) is 4.94. The number of rotatable bonds is 5. The first-order chi connectivity index (χ1) is 5.99. The van der Waals surface area contributed by atoms with E-state index in [9.17, 15) is 0 Å². The zero-order valence-corrected chi connectivity index (χ0v) is 9.35. The van der Waals surface area contributed by atoms with Crippen LogP contribution < -0.4 is 0 Å². The minimum absolute atomic E-state index is 0.558. The van der Waals surface area contributed by atoms with Crippen LogP contribution in [0.4, 0.5) is 0 Å². The van der Waals surface area contributed by atoms with Crippen molar-refractivity contribution in [2.75, 3.05) is 13.6 Å². The largest absolute Gasteiger partial charge is 0.360 e. The Labute approximate surface area is 82.1 Å². The predicted molar refractivity (Wildman–Crippen MR) is 59.2 cm³/mol. The summed E-state index contributed by atoms with van der Waals surface area (Å²) >= 11 is 0. The highest BCUT2D eigenvalue weighted by molar-refractivity contribution is 5.94. The Morgan fingerprint density at radius 2 is 2.08 bits per heavy atom. The number of nitrogens with one attached hydrogen (secondary N) is 1. The van der Waals surface area contributed by atoms with Gasteiger partial charge < -0.3 is 4.90 Å². The van der Waals surface area contributed by atoms with Crippen molar-refractivity contribution < 1.29 is 0 Å². The van der Waals surface area contributed by atoms with E-state index in [0.717, 1.165) is 12.1 Å². The Morgan fingerprint density at radius 1 is 1.54 bits per heavy atom. The van der Waals surface area contributed by atoms with E-state index in [1.165, 1.54) is 12.8 Å². The van der Waals surface area contributed by atoms with Crippen molar-refractivity contribution in [3.63, 3.8) is 0 Å². The second-order valence-electron chi connectivity index (χ2n) is 3.90. The highest BCUT2D eigenvalue weighted by Gasteiger charge is 2.08. The van der Waals surface area contributed by atoms with Gasteiger partial charge >= 0.3 is 0 Å². The van der Waals surface area contributed by atoms with Crippen molar-refractivity contribution in [1.29, 1.82) is 5.41 Å². The lowest BCUT2D eigenvalue weighted by Gasteiger charge is -2.23. The van der Waals surface area contributed by atoms with Gasteiger partial charge in [0.1, 0.15) is 5.84 Å². The Hall–Kier alpha value is -0.790. The summed E-state index contributed by atoms with van der Waals surface area (Å²) in [6.07, 6.45) is 2.45. The summed E-state index contributed by atoms with van der Waals surface area (Å²) in [4.78, 5) is 1.97. The van der Waals surface area contributed by atoms with Crippen molar-refractivity contribution in [3.8, 4) is 0 Å². The summed E-state index contributed by atoms with van der Waals surface area (Å²) in [7, 11) is 1.96. The van der Waals surface area contributed by atoms with E-state index >= 15 is 0 Å². The summed E-state index contributed by atoms with van der Waals surface area (Å²) < 4.78 is 0. The van der Waals surface area contributed by atoms with Crippen LogP contribution in [0, 0.1) is 11.3 Å². The van der Waals surface area contributed by atoms with Crippen molar-refractivity contribution >= 4 is 5.84 Å². The molecule has 0 radical (unpaired) electrons. The summed E-state index contributed by atoms with van der Waals surface area (Å²) in [5.74, 6) is 1.22. The van der Waals surface area contributed by atoms with Gasteiger partial charge in [-0.1, -0.05) is 26.8 Å². The highest BCUT2D eigenvalue weighted by atomic mass is 15.1. The third kappa shape index (κ3) is 4.71. The molecule has 0 heterocycles. The van der Waals surface area contributed by atoms with Crippen molar-refractivity contribution in [1.82, 2.24) is 4.90 Å². The Balaban J connectivity index is 3.92. The maximum Gasteiger partial charge on any atom is 0.122 e. The highest BCUT2D eigenvalue weighted by Crippen LogP contribution is 2.08. The fourth-order valence-electron chi connectivity index (χ4n) is 1.47. The van der Waals surface area contributed by atoms with Crippen LogP contribution >= 0.6 is 0 Å². The number of amidine groups is 1. The zero-order chi connectivity index (χ0) is 10.4. The first kappa shape index (κ1) is 12.2. The molecule has 0 spiro atoms. The number of hydrogen-bond acceptors (Lipinski definition) is 1. The van der Waals surface area contributed by atoms with E-state index < -0.39 is 0 Å². The minimum atomic E-state index is 0.558. The second-order valence-corrected chi connectivity index (χ2v) is 3.90. The molecule has 0 aromatic heterocycles. The molecule has 1 atom stereocenters. The average Bonchev–Trinajstić information content (AvgIpc) is 2.03. The molecule has 0 aliphatic heterocycles. The third-order valence-electron chi connectivity index (χ3n) is 2.15. The van der Waals surface area contributed by atoms with Gasteiger partial charge in [0, 0.05) is 13.6 Å². The van der Waals surface area contributed by atoms with Crippen LogP contribution in [-0.2, 0) is 0 Å². The molecule has 0 saturated heterocycles. The molecule has 0 fully saturated rings. The Morgan fingerprint density at radius 3 is 2.46 bits per heavy atom. The first-order valence-corrected chi connectivity index (χ1v) is 4.94. The fourth-order valence-corrected chi connectivity index (χ4v) is 1.47. The molecule has 0 aliphatic carbocycles. The van der Waals surface area contributed by atoms with Gasteiger partial charge in [-0.05, 0) is 24.8 Å². The van der Waals surface area contributed by atoms with Gasteiger partial charge in [-0.3, -0.25) is 5.41 Å². The molecule has 2 nitrogen and oxygen atoms in total. The van der Waals surface area contributed by atoms with Crippen LogP contribution in [-0.4, -0.2) is 24.3 Å². The second kappa shape index (κ2) is 5.79. The van der Waals surface area contributed by atoms with Gasteiger partial charge in [0.15, 0.2) is 0 Å². The lowest BCUT2D eigenvalue weighted by molar-refractivity contribution is 0.382. The quantitative estimate of drug-likeness (QED) is 0.513. The van der Waals surface area contributed by atoms with Crippen LogP contribution in [0.15, 0.2) is 12.2 Å².